The van der Waals surface area contributed by atoms with Gasteiger partial charge in [0.15, 0.2) is 0 Å². The summed E-state index contributed by atoms with van der Waals surface area (Å²) in [6.45, 7) is 0. The molecule has 12 nitrogen and oxygen atoms in total. The third-order valence-corrected chi connectivity index (χ3v) is 7.43. The Morgan fingerprint density at radius 3 is 2.02 bits per heavy atom. The molecule has 0 bridgehead atoms. The van der Waals surface area contributed by atoms with E-state index in [9.17, 15) is 29.6 Å². The van der Waals surface area contributed by atoms with Crippen molar-refractivity contribution in [3.63, 3.8) is 0 Å². The molecule has 4 aromatic carbocycles. The number of hydrogen-bond donors (Lipinski definition) is 4. The number of carboxylic acids is 1. The third-order valence-electron chi connectivity index (χ3n) is 7.43. The fourth-order valence-electron chi connectivity index (χ4n) is 5.09. The van der Waals surface area contributed by atoms with Crippen LogP contribution in [0.3, 0.4) is 0 Å². The van der Waals surface area contributed by atoms with Crippen molar-refractivity contribution in [1.29, 1.82) is 0 Å². The molecule has 4 N–H and O–H groups in total. The van der Waals surface area contributed by atoms with Crippen molar-refractivity contribution in [2.24, 2.45) is 0 Å². The van der Waals surface area contributed by atoms with Gasteiger partial charge >= 0.3 is 12.0 Å². The number of ether oxygens (including phenoxy) is 2. The Morgan fingerprint density at radius 1 is 0.783 bits per heavy atom. The van der Waals surface area contributed by atoms with Crippen LogP contribution in [0.25, 0.3) is 0 Å². The zero-order valence-electron chi connectivity index (χ0n) is 24.7. The van der Waals surface area contributed by atoms with Crippen LogP contribution in [0.5, 0.6) is 17.2 Å². The number of carbonyl (C=O) groups excluding carboxylic acids is 2. The number of nitrogens with one attached hydrogen (secondary N) is 3. The minimum absolute atomic E-state index is 0.00287. The Hall–Kier alpha value is -5.91. The van der Waals surface area contributed by atoms with Crippen molar-refractivity contribution in [3.8, 4) is 17.2 Å². The van der Waals surface area contributed by atoms with Gasteiger partial charge in [0.25, 0.3) is 5.69 Å². The highest BCUT2D eigenvalue weighted by Gasteiger charge is 2.24. The molecule has 236 valence electrons. The van der Waals surface area contributed by atoms with Crippen molar-refractivity contribution in [3.05, 3.63) is 118 Å². The second kappa shape index (κ2) is 14.7. The minimum Gasteiger partial charge on any atom is -0.490 e. The highest BCUT2D eigenvalue weighted by Crippen LogP contribution is 2.28. The lowest BCUT2D eigenvalue weighted by Crippen LogP contribution is -2.41. The van der Waals surface area contributed by atoms with Crippen molar-refractivity contribution in [1.82, 2.24) is 5.32 Å². The Bertz CT molecular complexity index is 1680. The Morgan fingerprint density at radius 2 is 1.39 bits per heavy atom. The SMILES string of the molecule is O=C(Cc1ccc(Oc2ccc(OC3CCC(NC(=O)Nc4ccc([N+](=O)[O-])cc4)CC3)cc2)cc1)Nc1ccccc1C(=O)O. The summed E-state index contributed by atoms with van der Waals surface area (Å²) in [6, 6.07) is 25.9. The van der Waals surface area contributed by atoms with Crippen LogP contribution in [0.1, 0.15) is 41.6 Å². The number of aromatic carboxylic acids is 1. The molecule has 3 amide bonds. The maximum absolute atomic E-state index is 12.5. The van der Waals surface area contributed by atoms with E-state index in [0.29, 0.717) is 22.9 Å². The van der Waals surface area contributed by atoms with Crippen LogP contribution in [0.4, 0.5) is 21.9 Å². The molecule has 1 aliphatic carbocycles. The number of anilines is 2. The van der Waals surface area contributed by atoms with Crippen molar-refractivity contribution in [2.75, 3.05) is 10.6 Å². The van der Waals surface area contributed by atoms with Crippen molar-refractivity contribution < 1.29 is 33.9 Å². The number of para-hydroxylation sites is 1. The van der Waals surface area contributed by atoms with Gasteiger partial charge in [-0.25, -0.2) is 9.59 Å². The number of nitro benzene ring substituents is 1. The molecule has 5 rings (SSSR count). The first kappa shape index (κ1) is 31.5. The molecule has 0 radical (unpaired) electrons. The van der Waals surface area contributed by atoms with E-state index in [1.54, 1.807) is 42.5 Å². The molecule has 0 spiro atoms. The van der Waals surface area contributed by atoms with E-state index in [0.717, 1.165) is 31.2 Å². The number of carbonyl (C=O) groups is 3. The monoisotopic (exact) mass is 624 g/mol. The summed E-state index contributed by atoms with van der Waals surface area (Å²) in [7, 11) is 0. The number of non-ortho nitro benzene ring substituents is 1. The zero-order valence-corrected chi connectivity index (χ0v) is 24.7. The van der Waals surface area contributed by atoms with Gasteiger partial charge in [0.05, 0.1) is 28.7 Å². The largest absolute Gasteiger partial charge is 0.490 e. The second-order valence-electron chi connectivity index (χ2n) is 10.8. The molecule has 0 atom stereocenters. The molecule has 0 unspecified atom stereocenters. The van der Waals surface area contributed by atoms with Gasteiger partial charge in [-0.15, -0.1) is 0 Å². The maximum atomic E-state index is 12.5. The average molecular weight is 625 g/mol. The van der Waals surface area contributed by atoms with Gasteiger partial charge in [0.1, 0.15) is 17.2 Å². The standard InChI is InChI=1S/C34H32N4O8/c39-32(37-31-4-2-1-3-30(31)33(40)41)21-22-5-13-26(14-6-22)45-28-17-19-29(20-18-28)46-27-15-9-24(10-16-27)36-34(42)35-23-7-11-25(12-8-23)38(43)44/h1-8,11-14,17-20,24,27H,9-10,15-16,21H2,(H,37,39)(H,40,41)(H2,35,36,42). The number of hydrogen-bond acceptors (Lipinski definition) is 7. The topological polar surface area (TPSA) is 169 Å². The van der Waals surface area contributed by atoms with Gasteiger partial charge < -0.3 is 30.5 Å². The molecule has 12 heteroatoms. The maximum Gasteiger partial charge on any atom is 0.337 e. The van der Waals surface area contributed by atoms with E-state index in [2.05, 4.69) is 16.0 Å². The number of carboxylic acid groups (broad SMARTS) is 1. The predicted molar refractivity (Wildman–Crippen MR) is 171 cm³/mol. The first-order valence-corrected chi connectivity index (χ1v) is 14.7. The lowest BCUT2D eigenvalue weighted by molar-refractivity contribution is -0.384. The normalized spacial score (nSPS) is 15.7. The molecule has 0 heterocycles. The Kier molecular flexibility index (Phi) is 10.1. The van der Waals surface area contributed by atoms with Gasteiger partial charge in [-0.3, -0.25) is 14.9 Å². The fraction of sp³-hybridized carbons (Fsp3) is 0.206. The van der Waals surface area contributed by atoms with Crippen LogP contribution in [-0.4, -0.2) is 40.1 Å². The fourth-order valence-corrected chi connectivity index (χ4v) is 5.09. The molecule has 0 saturated heterocycles. The van der Waals surface area contributed by atoms with Gasteiger partial charge in [-0.2, -0.15) is 0 Å². The molecular formula is C34H32N4O8. The van der Waals surface area contributed by atoms with Gasteiger partial charge in [-0.1, -0.05) is 24.3 Å². The van der Waals surface area contributed by atoms with Crippen LogP contribution < -0.4 is 25.4 Å². The van der Waals surface area contributed by atoms with E-state index in [-0.39, 0.29) is 47.4 Å². The molecule has 1 aliphatic rings. The van der Waals surface area contributed by atoms with Gasteiger partial charge in [0.2, 0.25) is 5.91 Å². The Balaban J connectivity index is 1.03. The summed E-state index contributed by atoms with van der Waals surface area (Å²) >= 11 is 0. The number of amides is 3. The Labute approximate surface area is 264 Å². The minimum atomic E-state index is -1.11. The highest BCUT2D eigenvalue weighted by atomic mass is 16.6. The highest BCUT2D eigenvalue weighted by molar-refractivity contribution is 6.01. The van der Waals surface area contributed by atoms with Crippen LogP contribution in [-0.2, 0) is 11.2 Å². The summed E-state index contributed by atoms with van der Waals surface area (Å²) < 4.78 is 12.1. The number of rotatable bonds is 11. The summed E-state index contributed by atoms with van der Waals surface area (Å²) in [5, 5.41) is 28.4. The van der Waals surface area contributed by atoms with E-state index < -0.39 is 10.9 Å². The molecule has 4 aromatic rings. The van der Waals surface area contributed by atoms with Crippen LogP contribution in [0.2, 0.25) is 0 Å². The van der Waals surface area contributed by atoms with E-state index in [4.69, 9.17) is 9.47 Å². The zero-order chi connectivity index (χ0) is 32.5. The quantitative estimate of drug-likeness (QED) is 0.105. The van der Waals surface area contributed by atoms with Crippen LogP contribution in [0, 0.1) is 10.1 Å². The number of urea groups is 1. The number of benzene rings is 4. The first-order chi connectivity index (χ1) is 22.2. The molecule has 1 fully saturated rings. The van der Waals surface area contributed by atoms with E-state index >= 15 is 0 Å². The molecule has 1 saturated carbocycles. The number of nitrogens with zero attached hydrogens (tertiary/aromatic N) is 1. The molecule has 0 aromatic heterocycles. The molecular weight excluding hydrogens is 592 g/mol. The first-order valence-electron chi connectivity index (χ1n) is 14.7. The number of nitro groups is 1. The molecule has 0 aliphatic heterocycles. The third kappa shape index (κ3) is 8.82. The van der Waals surface area contributed by atoms with Crippen LogP contribution in [0.15, 0.2) is 97.1 Å². The summed E-state index contributed by atoms with van der Waals surface area (Å²) in [6.07, 6.45) is 3.16. The van der Waals surface area contributed by atoms with E-state index in [1.807, 2.05) is 24.3 Å². The van der Waals surface area contributed by atoms with Crippen LogP contribution >= 0.6 is 0 Å². The van der Waals surface area contributed by atoms with Gasteiger partial charge in [0, 0.05) is 23.9 Å². The second-order valence-corrected chi connectivity index (χ2v) is 10.8. The summed E-state index contributed by atoms with van der Waals surface area (Å²) in [5.74, 6) is 0.492. The van der Waals surface area contributed by atoms with Crippen molar-refractivity contribution >= 4 is 35.0 Å². The van der Waals surface area contributed by atoms with E-state index in [1.165, 1.54) is 30.3 Å². The smallest absolute Gasteiger partial charge is 0.337 e. The molecule has 46 heavy (non-hydrogen) atoms. The lowest BCUT2D eigenvalue weighted by atomic mass is 9.93. The lowest BCUT2D eigenvalue weighted by Gasteiger charge is -2.29. The average Bonchev–Trinajstić information content (AvgIpc) is 3.04. The summed E-state index contributed by atoms with van der Waals surface area (Å²) in [4.78, 5) is 46.5. The van der Waals surface area contributed by atoms with Gasteiger partial charge in [-0.05, 0) is 91.9 Å². The summed E-state index contributed by atoms with van der Waals surface area (Å²) in [5.41, 5.74) is 1.46. The predicted octanol–water partition coefficient (Wildman–Crippen LogP) is 6.78. The van der Waals surface area contributed by atoms with Crippen molar-refractivity contribution in [2.45, 2.75) is 44.2 Å².